The van der Waals surface area contributed by atoms with Gasteiger partial charge in [0.15, 0.2) is 0 Å². The van der Waals surface area contributed by atoms with E-state index in [0.717, 1.165) is 17.9 Å². The summed E-state index contributed by atoms with van der Waals surface area (Å²) in [5.41, 5.74) is 0.967. The molecule has 1 heterocycles. The molecule has 0 spiro atoms. The van der Waals surface area contributed by atoms with Crippen molar-refractivity contribution in [3.63, 3.8) is 0 Å². The standard InChI is InChI=1S/C11H14FNO/c1-14-9-4-2-3-8(7-9)11-10(12)5-6-13-11/h2-4,7,10-11,13H,5-6H2,1H3. The summed E-state index contributed by atoms with van der Waals surface area (Å²) in [7, 11) is 1.62. The molecular weight excluding hydrogens is 181 g/mol. The molecule has 0 aliphatic carbocycles. The molecule has 0 radical (unpaired) electrons. The Bertz CT molecular complexity index is 316. The number of hydrogen-bond donors (Lipinski definition) is 1. The number of halogens is 1. The van der Waals surface area contributed by atoms with E-state index in [2.05, 4.69) is 5.32 Å². The van der Waals surface area contributed by atoms with Gasteiger partial charge in [0.1, 0.15) is 11.9 Å². The van der Waals surface area contributed by atoms with Crippen LogP contribution in [0, 0.1) is 0 Å². The molecule has 76 valence electrons. The molecular formula is C11H14FNO. The monoisotopic (exact) mass is 195 g/mol. The van der Waals surface area contributed by atoms with Crippen LogP contribution in [0.2, 0.25) is 0 Å². The molecule has 1 aliphatic rings. The molecule has 1 N–H and O–H groups in total. The second-order valence-electron chi connectivity index (χ2n) is 3.51. The van der Waals surface area contributed by atoms with E-state index in [1.807, 2.05) is 24.3 Å². The zero-order valence-corrected chi connectivity index (χ0v) is 8.16. The van der Waals surface area contributed by atoms with Crippen molar-refractivity contribution in [2.75, 3.05) is 13.7 Å². The first-order valence-electron chi connectivity index (χ1n) is 4.82. The number of nitrogens with one attached hydrogen (secondary N) is 1. The number of ether oxygens (including phenoxy) is 1. The molecule has 0 saturated carbocycles. The predicted octanol–water partition coefficient (Wildman–Crippen LogP) is 2.07. The van der Waals surface area contributed by atoms with Gasteiger partial charge >= 0.3 is 0 Å². The highest BCUT2D eigenvalue weighted by molar-refractivity contribution is 5.31. The largest absolute Gasteiger partial charge is 0.497 e. The fraction of sp³-hybridized carbons (Fsp3) is 0.455. The van der Waals surface area contributed by atoms with Gasteiger partial charge < -0.3 is 10.1 Å². The predicted molar refractivity (Wildman–Crippen MR) is 53.3 cm³/mol. The molecule has 1 saturated heterocycles. The lowest BCUT2D eigenvalue weighted by atomic mass is 10.0. The van der Waals surface area contributed by atoms with Crippen molar-refractivity contribution in [3.05, 3.63) is 29.8 Å². The summed E-state index contributed by atoms with van der Waals surface area (Å²) >= 11 is 0. The van der Waals surface area contributed by atoms with E-state index < -0.39 is 6.17 Å². The average Bonchev–Trinajstić information content (AvgIpc) is 2.65. The number of hydrogen-bond acceptors (Lipinski definition) is 2. The number of alkyl halides is 1. The van der Waals surface area contributed by atoms with Gasteiger partial charge in [-0.25, -0.2) is 4.39 Å². The van der Waals surface area contributed by atoms with Crippen molar-refractivity contribution >= 4 is 0 Å². The topological polar surface area (TPSA) is 21.3 Å². The second-order valence-corrected chi connectivity index (χ2v) is 3.51. The number of methoxy groups -OCH3 is 1. The maximum Gasteiger partial charge on any atom is 0.121 e. The highest BCUT2D eigenvalue weighted by atomic mass is 19.1. The van der Waals surface area contributed by atoms with Crippen molar-refractivity contribution in [1.29, 1.82) is 0 Å². The Morgan fingerprint density at radius 1 is 1.50 bits per heavy atom. The Hall–Kier alpha value is -1.09. The van der Waals surface area contributed by atoms with Crippen LogP contribution in [0.15, 0.2) is 24.3 Å². The minimum atomic E-state index is -0.776. The third kappa shape index (κ3) is 1.73. The summed E-state index contributed by atoms with van der Waals surface area (Å²) < 4.78 is 18.5. The first kappa shape index (κ1) is 9.46. The lowest BCUT2D eigenvalue weighted by molar-refractivity contribution is 0.304. The Balaban J connectivity index is 2.22. The lowest BCUT2D eigenvalue weighted by Crippen LogP contribution is -2.18. The highest BCUT2D eigenvalue weighted by Crippen LogP contribution is 2.28. The quantitative estimate of drug-likeness (QED) is 0.780. The van der Waals surface area contributed by atoms with E-state index in [4.69, 9.17) is 4.74 Å². The molecule has 0 amide bonds. The van der Waals surface area contributed by atoms with Crippen LogP contribution < -0.4 is 10.1 Å². The first-order chi connectivity index (χ1) is 6.81. The maximum atomic E-state index is 13.4. The van der Waals surface area contributed by atoms with Crippen LogP contribution in [0.25, 0.3) is 0 Å². The van der Waals surface area contributed by atoms with Crippen LogP contribution in [-0.2, 0) is 0 Å². The number of rotatable bonds is 2. The van der Waals surface area contributed by atoms with E-state index in [-0.39, 0.29) is 6.04 Å². The Labute approximate surface area is 83.1 Å². The van der Waals surface area contributed by atoms with Gasteiger partial charge in [0.2, 0.25) is 0 Å². The number of benzene rings is 1. The maximum absolute atomic E-state index is 13.4. The minimum Gasteiger partial charge on any atom is -0.497 e. The van der Waals surface area contributed by atoms with Gasteiger partial charge in [0.25, 0.3) is 0 Å². The van der Waals surface area contributed by atoms with Gasteiger partial charge in [-0.3, -0.25) is 0 Å². The van der Waals surface area contributed by atoms with E-state index in [9.17, 15) is 4.39 Å². The summed E-state index contributed by atoms with van der Waals surface area (Å²) in [6, 6.07) is 7.41. The fourth-order valence-electron chi connectivity index (χ4n) is 1.83. The molecule has 1 aromatic carbocycles. The molecule has 3 heteroatoms. The van der Waals surface area contributed by atoms with E-state index in [1.165, 1.54) is 0 Å². The average molecular weight is 195 g/mol. The van der Waals surface area contributed by atoms with Crippen LogP contribution in [0.1, 0.15) is 18.0 Å². The van der Waals surface area contributed by atoms with Crippen molar-refractivity contribution in [2.45, 2.75) is 18.6 Å². The van der Waals surface area contributed by atoms with Gasteiger partial charge in [-0.1, -0.05) is 12.1 Å². The molecule has 0 bridgehead atoms. The van der Waals surface area contributed by atoms with Crippen molar-refractivity contribution < 1.29 is 9.13 Å². The summed E-state index contributed by atoms with van der Waals surface area (Å²) in [5.74, 6) is 0.781. The normalized spacial score (nSPS) is 26.4. The molecule has 1 fully saturated rings. The van der Waals surface area contributed by atoms with Crippen LogP contribution >= 0.6 is 0 Å². The minimum absolute atomic E-state index is 0.162. The van der Waals surface area contributed by atoms with Crippen molar-refractivity contribution in [3.8, 4) is 5.75 Å². The Morgan fingerprint density at radius 3 is 3.00 bits per heavy atom. The smallest absolute Gasteiger partial charge is 0.121 e. The first-order valence-corrected chi connectivity index (χ1v) is 4.82. The van der Waals surface area contributed by atoms with Crippen LogP contribution in [-0.4, -0.2) is 19.8 Å². The fourth-order valence-corrected chi connectivity index (χ4v) is 1.83. The van der Waals surface area contributed by atoms with E-state index in [0.29, 0.717) is 6.42 Å². The molecule has 1 aromatic rings. The molecule has 14 heavy (non-hydrogen) atoms. The molecule has 2 unspecified atom stereocenters. The summed E-state index contributed by atoms with van der Waals surface area (Å²) in [5, 5.41) is 3.14. The SMILES string of the molecule is COc1cccc(C2NCCC2F)c1. The van der Waals surface area contributed by atoms with Crippen LogP contribution in [0.5, 0.6) is 5.75 Å². The van der Waals surface area contributed by atoms with Gasteiger partial charge in [0.05, 0.1) is 13.2 Å². The van der Waals surface area contributed by atoms with Crippen LogP contribution in [0.4, 0.5) is 4.39 Å². The zero-order valence-electron chi connectivity index (χ0n) is 8.16. The zero-order chi connectivity index (χ0) is 9.97. The lowest BCUT2D eigenvalue weighted by Gasteiger charge is -2.14. The highest BCUT2D eigenvalue weighted by Gasteiger charge is 2.27. The van der Waals surface area contributed by atoms with E-state index >= 15 is 0 Å². The van der Waals surface area contributed by atoms with Gasteiger partial charge in [0, 0.05) is 0 Å². The summed E-state index contributed by atoms with van der Waals surface area (Å²) in [6.45, 7) is 0.753. The van der Waals surface area contributed by atoms with Crippen LogP contribution in [0.3, 0.4) is 0 Å². The Kier molecular flexibility index (Phi) is 2.68. The summed E-state index contributed by atoms with van der Waals surface area (Å²) in [6.07, 6.45) is -0.177. The Morgan fingerprint density at radius 2 is 2.36 bits per heavy atom. The van der Waals surface area contributed by atoms with Gasteiger partial charge in [-0.15, -0.1) is 0 Å². The van der Waals surface area contributed by atoms with Crippen molar-refractivity contribution in [1.82, 2.24) is 5.32 Å². The van der Waals surface area contributed by atoms with Crippen molar-refractivity contribution in [2.24, 2.45) is 0 Å². The molecule has 0 aromatic heterocycles. The third-order valence-electron chi connectivity index (χ3n) is 2.60. The molecule has 2 nitrogen and oxygen atoms in total. The third-order valence-corrected chi connectivity index (χ3v) is 2.60. The second kappa shape index (κ2) is 3.96. The molecule has 2 atom stereocenters. The van der Waals surface area contributed by atoms with Gasteiger partial charge in [-0.2, -0.15) is 0 Å². The summed E-state index contributed by atoms with van der Waals surface area (Å²) in [4.78, 5) is 0. The van der Waals surface area contributed by atoms with Gasteiger partial charge in [-0.05, 0) is 30.7 Å². The molecule has 2 rings (SSSR count). The van der Waals surface area contributed by atoms with E-state index in [1.54, 1.807) is 7.11 Å². The molecule has 1 aliphatic heterocycles.